The lowest BCUT2D eigenvalue weighted by molar-refractivity contribution is 0.420. The fourth-order valence-electron chi connectivity index (χ4n) is 2.24. The molecule has 0 unspecified atom stereocenters. The first-order valence-electron chi connectivity index (χ1n) is 6.01. The van der Waals surface area contributed by atoms with Crippen LogP contribution in [0.3, 0.4) is 0 Å². The zero-order valence-electron chi connectivity index (χ0n) is 10.3. The van der Waals surface area contributed by atoms with Gasteiger partial charge in [-0.05, 0) is 28.6 Å². The van der Waals surface area contributed by atoms with Crippen LogP contribution in [0.15, 0.2) is 66.7 Å². The van der Waals surface area contributed by atoms with Crippen molar-refractivity contribution < 1.29 is 4.74 Å². The molecule has 0 spiro atoms. The van der Waals surface area contributed by atoms with Crippen LogP contribution in [0.25, 0.3) is 21.9 Å². The first-order valence-corrected chi connectivity index (χ1v) is 6.01. The minimum absolute atomic E-state index is 0.923. The Morgan fingerprint density at radius 1 is 0.722 bits per heavy atom. The van der Waals surface area contributed by atoms with E-state index >= 15 is 0 Å². The van der Waals surface area contributed by atoms with Gasteiger partial charge in [-0.1, -0.05) is 54.6 Å². The van der Waals surface area contributed by atoms with E-state index in [2.05, 4.69) is 48.5 Å². The summed E-state index contributed by atoms with van der Waals surface area (Å²) in [7, 11) is 1.71. The van der Waals surface area contributed by atoms with Gasteiger partial charge >= 0.3 is 0 Å². The third-order valence-corrected chi connectivity index (χ3v) is 3.17. The molecular weight excluding hydrogens is 220 g/mol. The van der Waals surface area contributed by atoms with Gasteiger partial charge in [-0.25, -0.2) is 0 Å². The molecule has 0 aliphatic heterocycles. The van der Waals surface area contributed by atoms with Crippen molar-refractivity contribution in [3.05, 3.63) is 66.7 Å². The molecule has 0 N–H and O–H groups in total. The van der Waals surface area contributed by atoms with Crippen molar-refractivity contribution in [2.45, 2.75) is 0 Å². The normalized spacial score (nSPS) is 10.5. The van der Waals surface area contributed by atoms with Crippen LogP contribution < -0.4 is 4.74 Å². The second kappa shape index (κ2) is 4.53. The van der Waals surface area contributed by atoms with Crippen molar-refractivity contribution in [2.24, 2.45) is 0 Å². The molecule has 0 aromatic heterocycles. The number of hydrogen-bond donors (Lipinski definition) is 0. The summed E-state index contributed by atoms with van der Waals surface area (Å²) in [5, 5.41) is 2.36. The molecule has 0 amide bonds. The molecule has 0 radical (unpaired) electrons. The second-order valence-corrected chi connectivity index (χ2v) is 4.26. The lowest BCUT2D eigenvalue weighted by Gasteiger charge is -2.07. The maximum atomic E-state index is 5.37. The van der Waals surface area contributed by atoms with E-state index in [1.165, 1.54) is 16.5 Å². The van der Waals surface area contributed by atoms with Crippen LogP contribution in [0.5, 0.6) is 5.75 Å². The highest BCUT2D eigenvalue weighted by atomic mass is 16.5. The molecule has 3 aromatic rings. The Balaban J connectivity index is 2.18. The molecule has 0 fully saturated rings. The number of rotatable bonds is 2. The molecule has 1 heteroatoms. The number of benzene rings is 3. The Morgan fingerprint density at radius 3 is 2.33 bits per heavy atom. The fraction of sp³-hybridized carbons (Fsp3) is 0.0588. The first-order chi connectivity index (χ1) is 8.88. The van der Waals surface area contributed by atoms with E-state index in [-0.39, 0.29) is 0 Å². The summed E-state index contributed by atoms with van der Waals surface area (Å²) < 4.78 is 5.37. The third-order valence-electron chi connectivity index (χ3n) is 3.17. The van der Waals surface area contributed by atoms with E-state index in [1.54, 1.807) is 7.11 Å². The molecule has 0 saturated heterocycles. The minimum Gasteiger partial charge on any atom is -0.496 e. The van der Waals surface area contributed by atoms with Crippen molar-refractivity contribution in [2.75, 3.05) is 7.11 Å². The third kappa shape index (κ3) is 1.84. The van der Waals surface area contributed by atoms with Gasteiger partial charge in [-0.15, -0.1) is 0 Å². The van der Waals surface area contributed by atoms with Crippen LogP contribution in [0, 0.1) is 0 Å². The highest BCUT2D eigenvalue weighted by Crippen LogP contribution is 2.29. The van der Waals surface area contributed by atoms with Gasteiger partial charge in [0.1, 0.15) is 5.75 Å². The van der Waals surface area contributed by atoms with Gasteiger partial charge < -0.3 is 4.74 Å². The predicted molar refractivity (Wildman–Crippen MR) is 75.9 cm³/mol. The minimum atomic E-state index is 0.923. The molecule has 0 aliphatic carbocycles. The van der Waals surface area contributed by atoms with E-state index < -0.39 is 0 Å². The molecule has 1 nitrogen and oxygen atoms in total. The number of methoxy groups -OCH3 is 1. The SMILES string of the molecule is COc1cccc2cc(-c3ccccc3)ccc12. The van der Waals surface area contributed by atoms with Crippen LogP contribution in [0.4, 0.5) is 0 Å². The van der Waals surface area contributed by atoms with Gasteiger partial charge in [0, 0.05) is 5.39 Å². The summed E-state index contributed by atoms with van der Waals surface area (Å²) in [6.07, 6.45) is 0. The van der Waals surface area contributed by atoms with Crippen molar-refractivity contribution in [3.8, 4) is 16.9 Å². The van der Waals surface area contributed by atoms with E-state index in [1.807, 2.05) is 18.2 Å². The van der Waals surface area contributed by atoms with Crippen molar-refractivity contribution in [1.29, 1.82) is 0 Å². The summed E-state index contributed by atoms with van der Waals surface area (Å²) in [5.41, 5.74) is 2.47. The summed E-state index contributed by atoms with van der Waals surface area (Å²) in [4.78, 5) is 0. The second-order valence-electron chi connectivity index (χ2n) is 4.26. The Hall–Kier alpha value is -2.28. The summed E-state index contributed by atoms with van der Waals surface area (Å²) >= 11 is 0. The van der Waals surface area contributed by atoms with Crippen LogP contribution in [0.1, 0.15) is 0 Å². The molecule has 18 heavy (non-hydrogen) atoms. The smallest absolute Gasteiger partial charge is 0.126 e. The molecule has 0 atom stereocenters. The van der Waals surface area contributed by atoms with Crippen LogP contribution in [0.2, 0.25) is 0 Å². The van der Waals surface area contributed by atoms with Crippen molar-refractivity contribution >= 4 is 10.8 Å². The van der Waals surface area contributed by atoms with Gasteiger partial charge in [0.25, 0.3) is 0 Å². The Bertz CT molecular complexity index is 672. The molecule has 88 valence electrons. The molecule has 0 bridgehead atoms. The maximum Gasteiger partial charge on any atom is 0.126 e. The summed E-state index contributed by atoms with van der Waals surface area (Å²) in [5.74, 6) is 0.923. The van der Waals surface area contributed by atoms with Gasteiger partial charge in [0.05, 0.1) is 7.11 Å². The lowest BCUT2D eigenvalue weighted by atomic mass is 10.0. The fourth-order valence-corrected chi connectivity index (χ4v) is 2.24. The maximum absolute atomic E-state index is 5.37. The monoisotopic (exact) mass is 234 g/mol. The summed E-state index contributed by atoms with van der Waals surface area (Å²) in [6, 6.07) is 23.0. The van der Waals surface area contributed by atoms with E-state index in [4.69, 9.17) is 4.74 Å². The first kappa shape index (κ1) is 10.8. The molecule has 3 aromatic carbocycles. The Morgan fingerprint density at radius 2 is 1.56 bits per heavy atom. The molecule has 3 rings (SSSR count). The van der Waals surface area contributed by atoms with E-state index in [9.17, 15) is 0 Å². The highest BCUT2D eigenvalue weighted by Gasteiger charge is 2.02. The zero-order valence-corrected chi connectivity index (χ0v) is 10.3. The molecule has 0 aliphatic rings. The summed E-state index contributed by atoms with van der Waals surface area (Å²) in [6.45, 7) is 0. The zero-order chi connectivity index (χ0) is 12.4. The number of ether oxygens (including phenoxy) is 1. The molecule has 0 saturated carbocycles. The van der Waals surface area contributed by atoms with Crippen molar-refractivity contribution in [3.63, 3.8) is 0 Å². The van der Waals surface area contributed by atoms with Gasteiger partial charge in [0.15, 0.2) is 0 Å². The Kier molecular flexibility index (Phi) is 2.73. The van der Waals surface area contributed by atoms with E-state index in [0.717, 1.165) is 11.1 Å². The van der Waals surface area contributed by atoms with E-state index in [0.29, 0.717) is 0 Å². The van der Waals surface area contributed by atoms with Crippen LogP contribution in [-0.4, -0.2) is 7.11 Å². The Labute approximate surface area is 107 Å². The van der Waals surface area contributed by atoms with Gasteiger partial charge in [-0.3, -0.25) is 0 Å². The number of hydrogen-bond acceptors (Lipinski definition) is 1. The van der Waals surface area contributed by atoms with Crippen LogP contribution >= 0.6 is 0 Å². The standard InChI is InChI=1S/C17H14O/c1-18-17-9-5-8-15-12-14(10-11-16(15)17)13-6-3-2-4-7-13/h2-12H,1H3. The molecular formula is C17H14O. The van der Waals surface area contributed by atoms with Gasteiger partial charge in [0.2, 0.25) is 0 Å². The quantitative estimate of drug-likeness (QED) is 0.633. The highest BCUT2D eigenvalue weighted by molar-refractivity contribution is 5.91. The lowest BCUT2D eigenvalue weighted by Crippen LogP contribution is -1.85. The predicted octanol–water partition coefficient (Wildman–Crippen LogP) is 4.52. The van der Waals surface area contributed by atoms with Gasteiger partial charge in [-0.2, -0.15) is 0 Å². The number of fused-ring (bicyclic) bond motifs is 1. The van der Waals surface area contributed by atoms with Crippen molar-refractivity contribution in [1.82, 2.24) is 0 Å². The largest absolute Gasteiger partial charge is 0.496 e. The average Bonchev–Trinajstić information content (AvgIpc) is 2.47. The van der Waals surface area contributed by atoms with Crippen LogP contribution in [-0.2, 0) is 0 Å². The average molecular weight is 234 g/mol. The molecule has 0 heterocycles. The topological polar surface area (TPSA) is 9.23 Å².